The van der Waals surface area contributed by atoms with E-state index in [0.717, 1.165) is 6.42 Å². The molecule has 15 heavy (non-hydrogen) atoms. The van der Waals surface area contributed by atoms with Crippen molar-refractivity contribution in [2.75, 3.05) is 0 Å². The van der Waals surface area contributed by atoms with E-state index in [2.05, 4.69) is 21.5 Å². The fourth-order valence-electron chi connectivity index (χ4n) is 1.18. The van der Waals surface area contributed by atoms with Crippen molar-refractivity contribution in [3.05, 3.63) is 12.4 Å². The van der Waals surface area contributed by atoms with Gasteiger partial charge in [0.1, 0.15) is 6.54 Å². The smallest absolute Gasteiger partial charge is 0.242 e. The minimum atomic E-state index is -0.0948. The van der Waals surface area contributed by atoms with Crippen LogP contribution in [0.3, 0.4) is 0 Å². The van der Waals surface area contributed by atoms with Crippen LogP contribution in [0.2, 0.25) is 0 Å². The number of hydrogen-bond acceptors (Lipinski definition) is 3. The first-order chi connectivity index (χ1) is 7.26. The molecule has 1 amide bonds. The van der Waals surface area contributed by atoms with E-state index >= 15 is 0 Å². The summed E-state index contributed by atoms with van der Waals surface area (Å²) in [5.41, 5.74) is 0. The van der Waals surface area contributed by atoms with E-state index < -0.39 is 0 Å². The van der Waals surface area contributed by atoms with Crippen LogP contribution in [0.1, 0.15) is 19.8 Å². The first-order valence-corrected chi connectivity index (χ1v) is 4.83. The quantitative estimate of drug-likeness (QED) is 0.700. The second-order valence-electron chi connectivity index (χ2n) is 3.18. The first-order valence-electron chi connectivity index (χ1n) is 4.83. The Morgan fingerprint density at radius 2 is 2.53 bits per heavy atom. The van der Waals surface area contributed by atoms with Gasteiger partial charge in [-0.05, 0) is 6.42 Å². The first kappa shape index (κ1) is 11.2. The number of nitrogens with zero attached hydrogens (tertiary/aromatic N) is 3. The van der Waals surface area contributed by atoms with Gasteiger partial charge in [0.2, 0.25) is 5.91 Å². The van der Waals surface area contributed by atoms with E-state index in [9.17, 15) is 4.79 Å². The molecule has 0 saturated carbocycles. The third kappa shape index (κ3) is 3.81. The highest BCUT2D eigenvalue weighted by molar-refractivity contribution is 5.75. The van der Waals surface area contributed by atoms with Crippen molar-refractivity contribution in [1.82, 2.24) is 20.3 Å². The van der Waals surface area contributed by atoms with Crippen LogP contribution in [0.4, 0.5) is 0 Å². The maximum Gasteiger partial charge on any atom is 0.242 e. The summed E-state index contributed by atoms with van der Waals surface area (Å²) in [5, 5.41) is 10.1. The van der Waals surface area contributed by atoms with E-state index in [1.807, 2.05) is 6.92 Å². The van der Waals surface area contributed by atoms with Gasteiger partial charge in [-0.1, -0.05) is 12.1 Å². The molecule has 5 heteroatoms. The maximum atomic E-state index is 11.5. The molecule has 0 aliphatic carbocycles. The maximum absolute atomic E-state index is 11.5. The Labute approximate surface area is 88.9 Å². The lowest BCUT2D eigenvalue weighted by molar-refractivity contribution is -0.122. The van der Waals surface area contributed by atoms with Crippen molar-refractivity contribution in [2.24, 2.45) is 0 Å². The van der Waals surface area contributed by atoms with Gasteiger partial charge in [0.25, 0.3) is 0 Å². The normalized spacial score (nSPS) is 11.7. The number of nitrogens with one attached hydrogen (secondary N) is 1. The zero-order valence-electron chi connectivity index (χ0n) is 8.68. The minimum absolute atomic E-state index is 0.0472. The van der Waals surface area contributed by atoms with Crippen LogP contribution in [-0.4, -0.2) is 26.9 Å². The van der Waals surface area contributed by atoms with Crippen LogP contribution < -0.4 is 5.32 Å². The van der Waals surface area contributed by atoms with Gasteiger partial charge < -0.3 is 5.32 Å². The van der Waals surface area contributed by atoms with Crippen LogP contribution in [-0.2, 0) is 11.3 Å². The fraction of sp³-hybridized carbons (Fsp3) is 0.500. The molecule has 1 atom stereocenters. The Morgan fingerprint density at radius 1 is 1.73 bits per heavy atom. The molecule has 1 N–H and O–H groups in total. The monoisotopic (exact) mass is 206 g/mol. The highest BCUT2D eigenvalue weighted by Gasteiger charge is 2.09. The minimum Gasteiger partial charge on any atom is -0.351 e. The van der Waals surface area contributed by atoms with Crippen molar-refractivity contribution >= 4 is 5.91 Å². The Bertz CT molecular complexity index is 339. The third-order valence-electron chi connectivity index (χ3n) is 2.00. The lowest BCUT2D eigenvalue weighted by Gasteiger charge is -2.13. The van der Waals surface area contributed by atoms with Gasteiger partial charge >= 0.3 is 0 Å². The van der Waals surface area contributed by atoms with Crippen LogP contribution in [0.25, 0.3) is 0 Å². The number of carbonyl (C=O) groups is 1. The van der Waals surface area contributed by atoms with Gasteiger partial charge in [0.15, 0.2) is 0 Å². The number of hydrogen-bond donors (Lipinski definition) is 1. The van der Waals surface area contributed by atoms with Gasteiger partial charge in [-0.2, -0.15) is 0 Å². The molecule has 1 heterocycles. The van der Waals surface area contributed by atoms with Crippen molar-refractivity contribution in [2.45, 2.75) is 32.4 Å². The van der Waals surface area contributed by atoms with E-state index in [1.165, 1.54) is 10.9 Å². The largest absolute Gasteiger partial charge is 0.351 e. The molecule has 1 rings (SSSR count). The summed E-state index contributed by atoms with van der Waals surface area (Å²) in [6.07, 6.45) is 9.74. The van der Waals surface area contributed by atoms with Crippen molar-refractivity contribution in [3.8, 4) is 12.3 Å². The highest BCUT2D eigenvalue weighted by atomic mass is 16.2. The lowest BCUT2D eigenvalue weighted by Crippen LogP contribution is -2.36. The van der Waals surface area contributed by atoms with E-state index in [4.69, 9.17) is 6.42 Å². The summed E-state index contributed by atoms with van der Waals surface area (Å²) in [7, 11) is 0. The van der Waals surface area contributed by atoms with Crippen molar-refractivity contribution in [1.29, 1.82) is 0 Å². The second kappa shape index (κ2) is 5.81. The van der Waals surface area contributed by atoms with Crippen molar-refractivity contribution < 1.29 is 4.79 Å². The predicted molar refractivity (Wildman–Crippen MR) is 55.7 cm³/mol. The van der Waals surface area contributed by atoms with E-state index in [1.54, 1.807) is 6.20 Å². The molecular weight excluding hydrogens is 192 g/mol. The Kier molecular flexibility index (Phi) is 4.35. The van der Waals surface area contributed by atoms with Crippen LogP contribution in [0.15, 0.2) is 12.4 Å². The molecule has 80 valence electrons. The molecule has 0 bridgehead atoms. The number of aromatic nitrogens is 3. The number of rotatable bonds is 5. The molecule has 0 fully saturated rings. The average molecular weight is 206 g/mol. The van der Waals surface area contributed by atoms with E-state index in [-0.39, 0.29) is 18.5 Å². The standard InChI is InChI=1S/C10H14N4O/c1-3-5-9(4-2)12-10(15)8-14-7-6-11-13-14/h1,6-7,9H,4-5,8H2,2H3,(H,12,15). The molecule has 0 radical (unpaired) electrons. The summed E-state index contributed by atoms with van der Waals surface area (Å²) in [6, 6.07) is 0.0472. The Hall–Kier alpha value is -1.83. The average Bonchev–Trinajstić information content (AvgIpc) is 2.69. The molecule has 1 unspecified atom stereocenters. The molecule has 1 aromatic heterocycles. The molecule has 5 nitrogen and oxygen atoms in total. The lowest BCUT2D eigenvalue weighted by atomic mass is 10.1. The number of amides is 1. The van der Waals surface area contributed by atoms with Crippen LogP contribution >= 0.6 is 0 Å². The molecular formula is C10H14N4O. The van der Waals surface area contributed by atoms with Gasteiger partial charge in [-0.3, -0.25) is 4.79 Å². The molecule has 0 spiro atoms. The van der Waals surface area contributed by atoms with Crippen molar-refractivity contribution in [3.63, 3.8) is 0 Å². The van der Waals surface area contributed by atoms with E-state index in [0.29, 0.717) is 6.42 Å². The zero-order chi connectivity index (χ0) is 11.1. The summed E-state index contributed by atoms with van der Waals surface area (Å²) in [4.78, 5) is 11.5. The summed E-state index contributed by atoms with van der Waals surface area (Å²) in [5.74, 6) is 2.44. The molecule has 0 saturated heterocycles. The highest BCUT2D eigenvalue weighted by Crippen LogP contribution is 1.96. The SMILES string of the molecule is C#CCC(CC)NC(=O)Cn1ccnn1. The van der Waals surface area contributed by atoms with Gasteiger partial charge in [0.05, 0.1) is 6.20 Å². The van der Waals surface area contributed by atoms with Gasteiger partial charge in [-0.25, -0.2) is 4.68 Å². The third-order valence-corrected chi connectivity index (χ3v) is 2.00. The summed E-state index contributed by atoms with van der Waals surface area (Å²) in [6.45, 7) is 2.17. The number of carbonyl (C=O) groups excluding carboxylic acids is 1. The molecule has 0 aliphatic heterocycles. The zero-order valence-corrected chi connectivity index (χ0v) is 8.68. The van der Waals surface area contributed by atoms with Gasteiger partial charge in [0, 0.05) is 18.7 Å². The Morgan fingerprint density at radius 3 is 3.07 bits per heavy atom. The topological polar surface area (TPSA) is 59.8 Å². The fourth-order valence-corrected chi connectivity index (χ4v) is 1.18. The second-order valence-corrected chi connectivity index (χ2v) is 3.18. The molecule has 0 aromatic carbocycles. The predicted octanol–water partition coefficient (Wildman–Crippen LogP) is 0.196. The molecule has 1 aromatic rings. The van der Waals surface area contributed by atoms with Crippen LogP contribution in [0.5, 0.6) is 0 Å². The summed E-state index contributed by atoms with van der Waals surface area (Å²) < 4.78 is 1.47. The Balaban J connectivity index is 2.38. The van der Waals surface area contributed by atoms with Crippen LogP contribution in [0, 0.1) is 12.3 Å². The van der Waals surface area contributed by atoms with Gasteiger partial charge in [-0.15, -0.1) is 17.4 Å². The molecule has 0 aliphatic rings. The number of terminal acetylenes is 1. The summed E-state index contributed by atoms with van der Waals surface area (Å²) >= 11 is 0.